The Bertz CT molecular complexity index is 1240. The fraction of sp³-hybridized carbons (Fsp3) is 0.231. The molecule has 1 heterocycles. The number of anilines is 1. The fourth-order valence-electron chi connectivity index (χ4n) is 3.26. The summed E-state index contributed by atoms with van der Waals surface area (Å²) < 4.78 is 12.8. The van der Waals surface area contributed by atoms with Gasteiger partial charge in [-0.3, -0.25) is 4.79 Å². The summed E-state index contributed by atoms with van der Waals surface area (Å²) in [4.78, 5) is 17.5. The molecule has 4 aromatic rings. The van der Waals surface area contributed by atoms with Crippen molar-refractivity contribution < 1.29 is 13.9 Å². The zero-order valence-electron chi connectivity index (χ0n) is 18.5. The van der Waals surface area contributed by atoms with Crippen LogP contribution < -0.4 is 10.1 Å². The average molecular weight is 493 g/mol. The summed E-state index contributed by atoms with van der Waals surface area (Å²) in [6.07, 6.45) is 0. The summed E-state index contributed by atoms with van der Waals surface area (Å²) >= 11 is 3.39. The number of carbonyl (C=O) groups is 1. The van der Waals surface area contributed by atoms with Gasteiger partial charge in [-0.1, -0.05) is 41.9 Å². The van der Waals surface area contributed by atoms with Crippen molar-refractivity contribution in [2.75, 3.05) is 5.32 Å². The summed E-state index contributed by atoms with van der Waals surface area (Å²) in [5, 5.41) is 2.92. The van der Waals surface area contributed by atoms with Crippen LogP contribution in [0.15, 0.2) is 75.6 Å². The van der Waals surface area contributed by atoms with Gasteiger partial charge < -0.3 is 14.5 Å². The van der Waals surface area contributed by atoms with Crippen LogP contribution in [0.2, 0.25) is 0 Å². The van der Waals surface area contributed by atoms with Crippen LogP contribution in [0.5, 0.6) is 5.75 Å². The molecule has 0 spiro atoms. The first-order chi connectivity index (χ1) is 15.2. The Morgan fingerprint density at radius 3 is 2.38 bits per heavy atom. The van der Waals surface area contributed by atoms with Gasteiger partial charge in [0.25, 0.3) is 5.91 Å². The van der Waals surface area contributed by atoms with Crippen molar-refractivity contribution in [3.05, 3.63) is 76.8 Å². The Balaban J connectivity index is 1.50. The van der Waals surface area contributed by atoms with Gasteiger partial charge in [-0.25, -0.2) is 4.98 Å². The SMILES string of the molecule is CC(C)c1ccc(-c2nc3cc(NC(=O)C(C)(C)Oc4ccc(Br)cc4)ccc3o2)cc1. The molecule has 0 aliphatic heterocycles. The monoisotopic (exact) mass is 492 g/mol. The summed E-state index contributed by atoms with van der Waals surface area (Å²) in [6.45, 7) is 7.79. The van der Waals surface area contributed by atoms with Crippen molar-refractivity contribution in [3.63, 3.8) is 0 Å². The van der Waals surface area contributed by atoms with Gasteiger partial charge in [0.2, 0.25) is 5.89 Å². The molecule has 0 fully saturated rings. The van der Waals surface area contributed by atoms with Crippen molar-refractivity contribution >= 4 is 38.6 Å². The number of carbonyl (C=O) groups excluding carboxylic acids is 1. The lowest BCUT2D eigenvalue weighted by Crippen LogP contribution is -2.42. The van der Waals surface area contributed by atoms with Crippen LogP contribution in [-0.2, 0) is 4.79 Å². The third kappa shape index (κ3) is 4.86. The largest absolute Gasteiger partial charge is 0.478 e. The predicted octanol–water partition coefficient (Wildman–Crippen LogP) is 7.18. The van der Waals surface area contributed by atoms with E-state index in [2.05, 4.69) is 52.2 Å². The molecule has 4 rings (SSSR count). The van der Waals surface area contributed by atoms with E-state index in [9.17, 15) is 4.79 Å². The van der Waals surface area contributed by atoms with Crippen molar-refractivity contribution in [1.82, 2.24) is 4.98 Å². The Hall–Kier alpha value is -3.12. The van der Waals surface area contributed by atoms with Gasteiger partial charge in [-0.15, -0.1) is 0 Å². The Kier molecular flexibility index (Phi) is 6.07. The topological polar surface area (TPSA) is 64.4 Å². The molecule has 0 aliphatic carbocycles. The van der Waals surface area contributed by atoms with Crippen LogP contribution in [0.3, 0.4) is 0 Å². The summed E-state index contributed by atoms with van der Waals surface area (Å²) in [5.74, 6) is 1.38. The molecule has 1 N–H and O–H groups in total. The maximum atomic E-state index is 12.9. The molecule has 164 valence electrons. The lowest BCUT2D eigenvalue weighted by atomic mass is 10.0. The maximum absolute atomic E-state index is 12.9. The number of amides is 1. The van der Waals surface area contributed by atoms with Gasteiger partial charge in [0.05, 0.1) is 0 Å². The molecule has 0 bridgehead atoms. The highest BCUT2D eigenvalue weighted by atomic mass is 79.9. The highest BCUT2D eigenvalue weighted by Gasteiger charge is 2.30. The number of nitrogens with zero attached hydrogens (tertiary/aromatic N) is 1. The fourth-order valence-corrected chi connectivity index (χ4v) is 3.53. The number of benzene rings is 3. The molecule has 5 nitrogen and oxygen atoms in total. The maximum Gasteiger partial charge on any atom is 0.267 e. The quantitative estimate of drug-likeness (QED) is 0.309. The van der Waals surface area contributed by atoms with E-state index in [4.69, 9.17) is 9.15 Å². The first-order valence-electron chi connectivity index (χ1n) is 10.5. The molecule has 0 radical (unpaired) electrons. The number of halogens is 1. The smallest absolute Gasteiger partial charge is 0.267 e. The van der Waals surface area contributed by atoms with Crippen molar-refractivity contribution in [2.24, 2.45) is 0 Å². The van der Waals surface area contributed by atoms with Crippen LogP contribution in [-0.4, -0.2) is 16.5 Å². The molecule has 1 aromatic heterocycles. The normalized spacial score (nSPS) is 11.7. The minimum Gasteiger partial charge on any atom is -0.478 e. The van der Waals surface area contributed by atoms with Crippen molar-refractivity contribution in [2.45, 2.75) is 39.2 Å². The van der Waals surface area contributed by atoms with E-state index in [0.717, 1.165) is 10.0 Å². The number of aromatic nitrogens is 1. The number of rotatable bonds is 6. The second-order valence-corrected chi connectivity index (χ2v) is 9.41. The van der Waals surface area contributed by atoms with E-state index >= 15 is 0 Å². The summed E-state index contributed by atoms with van der Waals surface area (Å²) in [7, 11) is 0. The molecule has 0 atom stereocenters. The zero-order chi connectivity index (χ0) is 22.9. The van der Waals surface area contributed by atoms with E-state index in [0.29, 0.717) is 34.3 Å². The molecule has 1 amide bonds. The first kappa shape index (κ1) is 22.1. The Morgan fingerprint density at radius 1 is 1.03 bits per heavy atom. The van der Waals surface area contributed by atoms with Crippen LogP contribution in [0.25, 0.3) is 22.6 Å². The van der Waals surface area contributed by atoms with Crippen molar-refractivity contribution in [3.8, 4) is 17.2 Å². The lowest BCUT2D eigenvalue weighted by molar-refractivity contribution is -0.128. The Morgan fingerprint density at radius 2 is 1.72 bits per heavy atom. The molecular formula is C26H25BrN2O3. The van der Waals surface area contributed by atoms with Gasteiger partial charge in [-0.05, 0) is 79.9 Å². The Labute approximate surface area is 195 Å². The second kappa shape index (κ2) is 8.79. The highest BCUT2D eigenvalue weighted by Crippen LogP contribution is 2.28. The second-order valence-electron chi connectivity index (χ2n) is 8.50. The van der Waals surface area contributed by atoms with Crippen LogP contribution in [0.1, 0.15) is 39.2 Å². The molecule has 0 aliphatic rings. The zero-order valence-corrected chi connectivity index (χ0v) is 20.1. The van der Waals surface area contributed by atoms with E-state index in [1.165, 1.54) is 5.56 Å². The molecule has 6 heteroatoms. The number of ether oxygens (including phenoxy) is 1. The summed E-state index contributed by atoms with van der Waals surface area (Å²) in [6, 6.07) is 21.0. The van der Waals surface area contributed by atoms with Crippen LogP contribution in [0.4, 0.5) is 5.69 Å². The third-order valence-electron chi connectivity index (χ3n) is 5.20. The molecule has 0 saturated heterocycles. The lowest BCUT2D eigenvalue weighted by Gasteiger charge is -2.25. The van der Waals surface area contributed by atoms with E-state index in [1.807, 2.05) is 42.5 Å². The number of oxazole rings is 1. The molecule has 0 saturated carbocycles. The van der Waals surface area contributed by atoms with Gasteiger partial charge in [-0.2, -0.15) is 0 Å². The van der Waals surface area contributed by atoms with E-state index in [1.54, 1.807) is 26.0 Å². The number of fused-ring (bicyclic) bond motifs is 1. The first-order valence-corrected chi connectivity index (χ1v) is 11.3. The van der Waals surface area contributed by atoms with Crippen LogP contribution in [0, 0.1) is 0 Å². The molecule has 0 unspecified atom stereocenters. The van der Waals surface area contributed by atoms with Gasteiger partial charge in [0.1, 0.15) is 11.3 Å². The van der Waals surface area contributed by atoms with Gasteiger partial charge in [0, 0.05) is 15.7 Å². The number of hydrogen-bond acceptors (Lipinski definition) is 4. The van der Waals surface area contributed by atoms with Gasteiger partial charge >= 0.3 is 0 Å². The third-order valence-corrected chi connectivity index (χ3v) is 5.73. The average Bonchev–Trinajstić information content (AvgIpc) is 3.18. The minimum atomic E-state index is -1.06. The van der Waals surface area contributed by atoms with E-state index in [-0.39, 0.29) is 5.91 Å². The van der Waals surface area contributed by atoms with Crippen LogP contribution >= 0.6 is 15.9 Å². The summed E-state index contributed by atoms with van der Waals surface area (Å²) in [5.41, 5.74) is 3.09. The van der Waals surface area contributed by atoms with E-state index < -0.39 is 5.60 Å². The highest BCUT2D eigenvalue weighted by molar-refractivity contribution is 9.10. The number of nitrogens with one attached hydrogen (secondary N) is 1. The minimum absolute atomic E-state index is 0.257. The standard InChI is InChI=1S/C26H25BrN2O3/c1-16(2)17-5-7-18(8-6-17)24-29-22-15-20(11-14-23(22)31-24)28-25(30)26(3,4)32-21-12-9-19(27)10-13-21/h5-16H,1-4H3,(H,28,30). The predicted molar refractivity (Wildman–Crippen MR) is 131 cm³/mol. The number of hydrogen-bond donors (Lipinski definition) is 1. The molecule has 3 aromatic carbocycles. The van der Waals surface area contributed by atoms with Gasteiger partial charge in [0.15, 0.2) is 11.2 Å². The molecular weight excluding hydrogens is 468 g/mol. The molecule has 32 heavy (non-hydrogen) atoms. The van der Waals surface area contributed by atoms with Crippen molar-refractivity contribution in [1.29, 1.82) is 0 Å².